The zero-order chi connectivity index (χ0) is 26.8. The molecule has 0 atom stereocenters. The minimum atomic E-state index is -0.956. The van der Waals surface area contributed by atoms with Crippen molar-refractivity contribution >= 4 is 58.5 Å². The van der Waals surface area contributed by atoms with Crippen LogP contribution in [0.5, 0.6) is 11.5 Å². The summed E-state index contributed by atoms with van der Waals surface area (Å²) in [5.41, 5.74) is 4.56. The van der Waals surface area contributed by atoms with E-state index in [1.807, 2.05) is 6.92 Å². The molecule has 3 rings (SSSR count). The van der Waals surface area contributed by atoms with Gasteiger partial charge in [0.2, 0.25) is 0 Å². The molecule has 0 aromatic heterocycles. The van der Waals surface area contributed by atoms with Gasteiger partial charge in [0, 0.05) is 21.4 Å². The molecule has 0 fully saturated rings. The van der Waals surface area contributed by atoms with Crippen molar-refractivity contribution in [2.45, 2.75) is 13.8 Å². The van der Waals surface area contributed by atoms with E-state index in [0.717, 1.165) is 5.56 Å². The van der Waals surface area contributed by atoms with E-state index >= 15 is 0 Å². The number of carbonyl (C=O) groups excluding carboxylic acids is 3. The van der Waals surface area contributed by atoms with E-state index in [9.17, 15) is 14.4 Å². The first-order valence-electron chi connectivity index (χ1n) is 11.1. The molecule has 0 bridgehead atoms. The lowest BCUT2D eigenvalue weighted by atomic mass is 10.2. The van der Waals surface area contributed by atoms with Gasteiger partial charge in [-0.1, -0.05) is 35.3 Å². The minimum Gasteiger partial charge on any atom is -0.490 e. The number of amides is 3. The molecule has 0 radical (unpaired) electrons. The van der Waals surface area contributed by atoms with E-state index in [4.69, 9.17) is 32.7 Å². The quantitative estimate of drug-likeness (QED) is 0.204. The van der Waals surface area contributed by atoms with Gasteiger partial charge in [0.15, 0.2) is 18.1 Å². The lowest BCUT2D eigenvalue weighted by molar-refractivity contribution is -0.136. The number of benzene rings is 3. The maximum Gasteiger partial charge on any atom is 0.329 e. The van der Waals surface area contributed by atoms with Gasteiger partial charge in [-0.05, 0) is 73.5 Å². The second-order valence-electron chi connectivity index (χ2n) is 7.60. The molecule has 192 valence electrons. The molecule has 3 aromatic rings. The fraction of sp³-hybridized carbons (Fsp3) is 0.154. The summed E-state index contributed by atoms with van der Waals surface area (Å²) >= 11 is 11.9. The molecule has 0 aliphatic carbocycles. The van der Waals surface area contributed by atoms with Crippen LogP contribution in [0.2, 0.25) is 10.0 Å². The van der Waals surface area contributed by atoms with Crippen LogP contribution in [-0.2, 0) is 14.4 Å². The van der Waals surface area contributed by atoms with Gasteiger partial charge >= 0.3 is 11.8 Å². The van der Waals surface area contributed by atoms with Crippen LogP contribution in [0.4, 0.5) is 11.4 Å². The van der Waals surface area contributed by atoms with Crippen molar-refractivity contribution in [3.05, 3.63) is 81.8 Å². The first-order valence-corrected chi connectivity index (χ1v) is 11.9. The Morgan fingerprint density at radius 3 is 2.43 bits per heavy atom. The van der Waals surface area contributed by atoms with Crippen LogP contribution in [0.3, 0.4) is 0 Å². The summed E-state index contributed by atoms with van der Waals surface area (Å²) in [6, 6.07) is 16.5. The third-order valence-corrected chi connectivity index (χ3v) is 5.24. The van der Waals surface area contributed by atoms with Crippen molar-refractivity contribution < 1.29 is 23.9 Å². The van der Waals surface area contributed by atoms with E-state index in [-0.39, 0.29) is 12.5 Å². The first kappa shape index (κ1) is 27.5. The number of nitrogens with one attached hydrogen (secondary N) is 3. The summed E-state index contributed by atoms with van der Waals surface area (Å²) in [5, 5.41) is 9.92. The Balaban J connectivity index is 1.57. The predicted molar refractivity (Wildman–Crippen MR) is 144 cm³/mol. The SMILES string of the molecule is CCOc1cc(/C=N\NC(=O)C(=O)Nc2cccc(Cl)c2)ccc1OCC(=O)Nc1cc(Cl)ccc1C. The van der Waals surface area contributed by atoms with Crippen LogP contribution in [0.15, 0.2) is 65.8 Å². The molecule has 3 N–H and O–H groups in total. The van der Waals surface area contributed by atoms with E-state index < -0.39 is 11.8 Å². The van der Waals surface area contributed by atoms with Crippen molar-refractivity contribution in [2.24, 2.45) is 5.10 Å². The summed E-state index contributed by atoms with van der Waals surface area (Å²) < 4.78 is 11.2. The number of rotatable bonds is 9. The smallest absolute Gasteiger partial charge is 0.329 e. The Morgan fingerprint density at radius 2 is 1.68 bits per heavy atom. The number of nitrogens with zero attached hydrogens (tertiary/aromatic N) is 1. The number of halogens is 2. The maximum atomic E-state index is 12.4. The highest BCUT2D eigenvalue weighted by Crippen LogP contribution is 2.28. The third-order valence-electron chi connectivity index (χ3n) is 4.77. The number of ether oxygens (including phenoxy) is 2. The average Bonchev–Trinajstić information content (AvgIpc) is 2.86. The monoisotopic (exact) mass is 542 g/mol. The molecule has 11 heteroatoms. The number of hydrogen-bond donors (Lipinski definition) is 3. The second kappa shape index (κ2) is 13.3. The summed E-state index contributed by atoms with van der Waals surface area (Å²) in [6.07, 6.45) is 1.34. The number of aryl methyl sites for hydroxylation is 1. The summed E-state index contributed by atoms with van der Waals surface area (Å²) in [6.45, 7) is 3.76. The highest BCUT2D eigenvalue weighted by molar-refractivity contribution is 6.39. The molecular weight excluding hydrogens is 519 g/mol. The van der Waals surface area contributed by atoms with Crippen LogP contribution in [-0.4, -0.2) is 37.1 Å². The molecule has 0 heterocycles. The molecular formula is C26H24Cl2N4O5. The van der Waals surface area contributed by atoms with Crippen LogP contribution in [0.1, 0.15) is 18.1 Å². The lowest BCUT2D eigenvalue weighted by Crippen LogP contribution is -2.32. The number of carbonyl (C=O) groups is 3. The summed E-state index contributed by atoms with van der Waals surface area (Å²) in [5.74, 6) is -1.49. The number of hydrazone groups is 1. The van der Waals surface area contributed by atoms with Gasteiger partial charge in [0.25, 0.3) is 5.91 Å². The molecule has 0 aliphatic rings. The Bertz CT molecular complexity index is 1330. The Hall–Kier alpha value is -4.08. The predicted octanol–water partition coefficient (Wildman–Crippen LogP) is 4.81. The molecule has 3 amide bonds. The van der Waals surface area contributed by atoms with Crippen molar-refractivity contribution in [3.8, 4) is 11.5 Å². The second-order valence-corrected chi connectivity index (χ2v) is 8.47. The van der Waals surface area contributed by atoms with Gasteiger partial charge in [-0.3, -0.25) is 14.4 Å². The average molecular weight is 543 g/mol. The largest absolute Gasteiger partial charge is 0.490 e. The first-order chi connectivity index (χ1) is 17.7. The molecule has 0 unspecified atom stereocenters. The van der Waals surface area contributed by atoms with Gasteiger partial charge in [0.1, 0.15) is 0 Å². The standard InChI is InChI=1S/C26H24Cl2N4O5/c1-3-36-23-11-17(14-29-32-26(35)25(34)30-20-6-4-5-18(27)12-20)8-10-22(23)37-15-24(33)31-21-13-19(28)9-7-16(21)2/h4-14H,3,15H2,1-2H3,(H,30,34)(H,31,33)(H,32,35)/b29-14-. The van der Waals surface area contributed by atoms with Crippen LogP contribution in [0.25, 0.3) is 0 Å². The van der Waals surface area contributed by atoms with Crippen molar-refractivity contribution in [1.82, 2.24) is 5.43 Å². The van der Waals surface area contributed by atoms with Crippen LogP contribution < -0.4 is 25.5 Å². The van der Waals surface area contributed by atoms with E-state index in [1.54, 1.807) is 61.5 Å². The number of hydrogen-bond acceptors (Lipinski definition) is 6. The van der Waals surface area contributed by atoms with Gasteiger partial charge in [-0.15, -0.1) is 0 Å². The van der Waals surface area contributed by atoms with Crippen molar-refractivity contribution in [3.63, 3.8) is 0 Å². The number of anilines is 2. The summed E-state index contributed by atoms with van der Waals surface area (Å²) in [4.78, 5) is 36.4. The van der Waals surface area contributed by atoms with Crippen LogP contribution in [0, 0.1) is 6.92 Å². The van der Waals surface area contributed by atoms with E-state index in [2.05, 4.69) is 21.2 Å². The zero-order valence-corrected chi connectivity index (χ0v) is 21.5. The Labute approximate surface area is 223 Å². The molecule has 37 heavy (non-hydrogen) atoms. The highest BCUT2D eigenvalue weighted by Gasteiger charge is 2.14. The van der Waals surface area contributed by atoms with Crippen LogP contribution >= 0.6 is 23.2 Å². The highest BCUT2D eigenvalue weighted by atomic mass is 35.5. The molecule has 0 saturated heterocycles. The van der Waals surface area contributed by atoms with Crippen molar-refractivity contribution in [1.29, 1.82) is 0 Å². The molecule has 3 aromatic carbocycles. The summed E-state index contributed by atoms with van der Waals surface area (Å²) in [7, 11) is 0. The van der Waals surface area contributed by atoms with Gasteiger partial charge in [-0.2, -0.15) is 5.10 Å². The maximum absolute atomic E-state index is 12.4. The fourth-order valence-corrected chi connectivity index (χ4v) is 3.38. The Kier molecular flexibility index (Phi) is 9.88. The molecule has 0 aliphatic heterocycles. The zero-order valence-electron chi connectivity index (χ0n) is 20.0. The van der Waals surface area contributed by atoms with Gasteiger partial charge in [-0.25, -0.2) is 5.43 Å². The van der Waals surface area contributed by atoms with Gasteiger partial charge in [0.05, 0.1) is 12.8 Å². The molecule has 0 saturated carbocycles. The van der Waals surface area contributed by atoms with Crippen molar-refractivity contribution in [2.75, 3.05) is 23.8 Å². The fourth-order valence-electron chi connectivity index (χ4n) is 3.02. The topological polar surface area (TPSA) is 118 Å². The minimum absolute atomic E-state index is 0.253. The normalized spacial score (nSPS) is 10.6. The lowest BCUT2D eigenvalue weighted by Gasteiger charge is -2.13. The van der Waals surface area contributed by atoms with E-state index in [1.165, 1.54) is 12.3 Å². The third kappa shape index (κ3) is 8.52. The van der Waals surface area contributed by atoms with E-state index in [0.29, 0.717) is 45.1 Å². The molecule has 0 spiro atoms. The van der Waals surface area contributed by atoms with Gasteiger partial charge < -0.3 is 20.1 Å². The Morgan fingerprint density at radius 1 is 0.892 bits per heavy atom. The molecule has 9 nitrogen and oxygen atoms in total.